The normalized spacial score (nSPS) is 13.1. The molecule has 0 aromatic carbocycles. The summed E-state index contributed by atoms with van der Waals surface area (Å²) in [4.78, 5) is 10.3. The number of carbonyl (C=O) groups excluding carboxylic acids is 1. The molecule has 0 bridgehead atoms. The van der Waals surface area contributed by atoms with Gasteiger partial charge in [0.15, 0.2) is 0 Å². The molecule has 0 rings (SSSR count). The van der Waals surface area contributed by atoms with Gasteiger partial charge in [-0.1, -0.05) is 6.92 Å². The molecule has 0 saturated carbocycles. The van der Waals surface area contributed by atoms with Crippen molar-refractivity contribution < 1.29 is 4.79 Å². The zero-order chi connectivity index (χ0) is 7.28. The third-order valence-corrected chi connectivity index (χ3v) is 1.21. The molecule has 54 valence electrons. The van der Waals surface area contributed by atoms with Crippen molar-refractivity contribution in [2.75, 3.05) is 6.54 Å². The van der Waals surface area contributed by atoms with Crippen molar-refractivity contribution in [3.8, 4) is 0 Å². The molecule has 0 radical (unpaired) electrons. The summed E-state index contributed by atoms with van der Waals surface area (Å²) in [5.74, 6) is 0.100. The molecule has 0 saturated heterocycles. The Bertz CT molecular complexity index is 93.1. The van der Waals surface area contributed by atoms with Crippen LogP contribution in [0.1, 0.15) is 19.8 Å². The number of rotatable bonds is 4. The summed E-state index contributed by atoms with van der Waals surface area (Å²) < 4.78 is 0. The Balaban J connectivity index is 3.26. The van der Waals surface area contributed by atoms with E-state index >= 15 is 0 Å². The van der Waals surface area contributed by atoms with Crippen molar-refractivity contribution in [1.82, 2.24) is 0 Å². The number of carbonyl (C=O) groups is 1. The van der Waals surface area contributed by atoms with E-state index in [-0.39, 0.29) is 5.91 Å². The molecule has 0 aliphatic rings. The summed E-state index contributed by atoms with van der Waals surface area (Å²) in [5.41, 5.74) is 10.2. The van der Waals surface area contributed by atoms with Crippen LogP contribution in [0.25, 0.3) is 0 Å². The lowest BCUT2D eigenvalue weighted by molar-refractivity contribution is -0.118. The topological polar surface area (TPSA) is 69.1 Å². The fourth-order valence-electron chi connectivity index (χ4n) is 0.730. The Morgan fingerprint density at radius 1 is 1.67 bits per heavy atom. The second-order valence-electron chi connectivity index (χ2n) is 2.35. The van der Waals surface area contributed by atoms with Crippen molar-refractivity contribution in [2.24, 2.45) is 17.4 Å². The van der Waals surface area contributed by atoms with Crippen molar-refractivity contribution in [2.45, 2.75) is 19.8 Å². The molecule has 4 N–H and O–H groups in total. The molecule has 0 aliphatic carbocycles. The highest BCUT2D eigenvalue weighted by atomic mass is 16.1. The molecular weight excluding hydrogens is 116 g/mol. The molecule has 1 atom stereocenters. The van der Waals surface area contributed by atoms with Crippen LogP contribution in [0.4, 0.5) is 0 Å². The van der Waals surface area contributed by atoms with Crippen LogP contribution >= 0.6 is 0 Å². The lowest BCUT2D eigenvalue weighted by Crippen LogP contribution is -2.16. The summed E-state index contributed by atoms with van der Waals surface area (Å²) in [6, 6.07) is 0. The largest absolute Gasteiger partial charge is 0.370 e. The summed E-state index contributed by atoms with van der Waals surface area (Å²) >= 11 is 0. The molecule has 0 aromatic heterocycles. The highest BCUT2D eigenvalue weighted by Gasteiger charge is 2.03. The summed E-state index contributed by atoms with van der Waals surface area (Å²) in [6.07, 6.45) is 1.33. The zero-order valence-corrected chi connectivity index (χ0v) is 5.76. The fourth-order valence-corrected chi connectivity index (χ4v) is 0.730. The number of hydrogen-bond donors (Lipinski definition) is 2. The predicted molar refractivity (Wildman–Crippen MR) is 36.6 cm³/mol. The summed E-state index contributed by atoms with van der Waals surface area (Å²) in [5, 5.41) is 0. The molecule has 0 spiro atoms. The molecule has 3 heteroatoms. The van der Waals surface area contributed by atoms with Crippen LogP contribution in [0.3, 0.4) is 0 Å². The van der Waals surface area contributed by atoms with E-state index < -0.39 is 0 Å². The molecule has 0 aromatic rings. The second kappa shape index (κ2) is 4.32. The minimum absolute atomic E-state index is 0.240. The molecule has 3 nitrogen and oxygen atoms in total. The number of amides is 1. The van der Waals surface area contributed by atoms with Gasteiger partial charge in [0.1, 0.15) is 0 Å². The van der Waals surface area contributed by atoms with Crippen molar-refractivity contribution in [3.05, 3.63) is 0 Å². The van der Waals surface area contributed by atoms with Gasteiger partial charge < -0.3 is 11.5 Å². The van der Waals surface area contributed by atoms with Crippen molar-refractivity contribution >= 4 is 5.91 Å². The Labute approximate surface area is 55.4 Å². The van der Waals surface area contributed by atoms with Gasteiger partial charge in [0.2, 0.25) is 5.91 Å². The Hall–Kier alpha value is -0.570. The first-order valence-corrected chi connectivity index (χ1v) is 3.15. The van der Waals surface area contributed by atoms with Crippen LogP contribution in [0.15, 0.2) is 0 Å². The third kappa shape index (κ3) is 5.30. The first-order chi connectivity index (χ1) is 4.16. The lowest BCUT2D eigenvalue weighted by Gasteiger charge is -2.04. The Morgan fingerprint density at radius 3 is 2.56 bits per heavy atom. The van der Waals surface area contributed by atoms with Crippen molar-refractivity contribution in [1.29, 1.82) is 0 Å². The maximum absolute atomic E-state index is 10.3. The van der Waals surface area contributed by atoms with Crippen LogP contribution in [0.5, 0.6) is 0 Å². The van der Waals surface area contributed by atoms with E-state index in [0.29, 0.717) is 18.9 Å². The molecule has 0 heterocycles. The quantitative estimate of drug-likeness (QED) is 0.555. The van der Waals surface area contributed by atoms with Gasteiger partial charge in [-0.2, -0.15) is 0 Å². The van der Waals surface area contributed by atoms with Crippen molar-refractivity contribution in [3.63, 3.8) is 0 Å². The first-order valence-electron chi connectivity index (χ1n) is 3.15. The summed E-state index contributed by atoms with van der Waals surface area (Å²) in [6.45, 7) is 2.60. The highest BCUT2D eigenvalue weighted by Crippen LogP contribution is 2.03. The maximum Gasteiger partial charge on any atom is 0.217 e. The first kappa shape index (κ1) is 8.43. The number of hydrogen-bond acceptors (Lipinski definition) is 2. The molecule has 0 fully saturated rings. The SMILES string of the molecule is CC(CCN)CC(N)=O. The lowest BCUT2D eigenvalue weighted by atomic mass is 10.0. The minimum Gasteiger partial charge on any atom is -0.370 e. The summed E-state index contributed by atoms with van der Waals surface area (Å²) in [7, 11) is 0. The highest BCUT2D eigenvalue weighted by molar-refractivity contribution is 5.73. The van der Waals surface area contributed by atoms with Gasteiger partial charge >= 0.3 is 0 Å². The fraction of sp³-hybridized carbons (Fsp3) is 0.833. The van der Waals surface area contributed by atoms with Gasteiger partial charge in [0, 0.05) is 6.42 Å². The van der Waals surface area contributed by atoms with E-state index in [1.165, 1.54) is 0 Å². The van der Waals surface area contributed by atoms with E-state index in [4.69, 9.17) is 11.5 Å². The van der Waals surface area contributed by atoms with Gasteiger partial charge in [-0.15, -0.1) is 0 Å². The van der Waals surface area contributed by atoms with Crippen LogP contribution in [0, 0.1) is 5.92 Å². The molecule has 1 unspecified atom stereocenters. The minimum atomic E-state index is -0.240. The van der Waals surface area contributed by atoms with E-state index in [0.717, 1.165) is 6.42 Å². The van der Waals surface area contributed by atoms with Crippen LogP contribution in [-0.4, -0.2) is 12.5 Å². The van der Waals surface area contributed by atoms with E-state index in [1.807, 2.05) is 6.92 Å². The van der Waals surface area contributed by atoms with Gasteiger partial charge in [0.05, 0.1) is 0 Å². The van der Waals surface area contributed by atoms with Gasteiger partial charge in [0.25, 0.3) is 0 Å². The zero-order valence-electron chi connectivity index (χ0n) is 5.76. The van der Waals surface area contributed by atoms with Gasteiger partial charge in [-0.3, -0.25) is 4.79 Å². The Kier molecular flexibility index (Phi) is 4.05. The van der Waals surface area contributed by atoms with Crippen LogP contribution < -0.4 is 11.5 Å². The third-order valence-electron chi connectivity index (χ3n) is 1.21. The monoisotopic (exact) mass is 130 g/mol. The van der Waals surface area contributed by atoms with E-state index in [1.54, 1.807) is 0 Å². The average molecular weight is 130 g/mol. The average Bonchev–Trinajstić information content (AvgIpc) is 1.63. The second-order valence-corrected chi connectivity index (χ2v) is 2.35. The number of primary amides is 1. The van der Waals surface area contributed by atoms with E-state index in [9.17, 15) is 4.79 Å². The van der Waals surface area contributed by atoms with Crippen LogP contribution in [-0.2, 0) is 4.79 Å². The smallest absolute Gasteiger partial charge is 0.217 e. The molecule has 9 heavy (non-hydrogen) atoms. The van der Waals surface area contributed by atoms with Crippen LogP contribution in [0.2, 0.25) is 0 Å². The Morgan fingerprint density at radius 2 is 2.22 bits per heavy atom. The molecular formula is C6H14N2O. The maximum atomic E-state index is 10.3. The van der Waals surface area contributed by atoms with Gasteiger partial charge in [-0.25, -0.2) is 0 Å². The van der Waals surface area contributed by atoms with Gasteiger partial charge in [-0.05, 0) is 18.9 Å². The predicted octanol–water partition coefficient (Wildman–Crippen LogP) is -0.153. The standard InChI is InChI=1S/C6H14N2O/c1-5(2-3-7)4-6(8)9/h5H,2-4,7H2,1H3,(H2,8,9). The molecule has 0 aliphatic heterocycles. The number of nitrogens with two attached hydrogens (primary N) is 2. The molecule has 1 amide bonds. The van der Waals surface area contributed by atoms with E-state index in [2.05, 4.69) is 0 Å².